The lowest BCUT2D eigenvalue weighted by molar-refractivity contribution is 0.0945. The van der Waals surface area contributed by atoms with Gasteiger partial charge in [0.25, 0.3) is 5.91 Å². The molecule has 0 aliphatic rings. The fourth-order valence-electron chi connectivity index (χ4n) is 1.37. The summed E-state index contributed by atoms with van der Waals surface area (Å²) in [5.74, 6) is 0.503. The Kier molecular flexibility index (Phi) is 6.21. The van der Waals surface area contributed by atoms with Crippen molar-refractivity contribution in [3.05, 3.63) is 17.8 Å². The normalized spacial score (nSPS) is 12.3. The molecule has 2 N–H and O–H groups in total. The Hall–Kier alpha value is -1.69. The lowest BCUT2D eigenvalue weighted by Gasteiger charge is -2.12. The molecule has 0 saturated carbocycles. The molecule has 1 atom stereocenters. The number of carbonyl (C=O) groups is 1. The van der Waals surface area contributed by atoms with E-state index in [2.05, 4.69) is 34.7 Å². The Bertz CT molecular complexity index is 391. The van der Waals surface area contributed by atoms with E-state index in [4.69, 9.17) is 0 Å². The van der Waals surface area contributed by atoms with Crippen molar-refractivity contribution in [3.63, 3.8) is 0 Å². The van der Waals surface area contributed by atoms with Gasteiger partial charge < -0.3 is 15.5 Å². The maximum absolute atomic E-state index is 11.8. The van der Waals surface area contributed by atoms with Gasteiger partial charge in [-0.05, 0) is 39.6 Å². The first-order valence-corrected chi connectivity index (χ1v) is 6.56. The third kappa shape index (κ3) is 5.65. The van der Waals surface area contributed by atoms with Crippen LogP contribution in [0.1, 0.15) is 30.8 Å². The number of aromatic nitrogens is 2. The van der Waals surface area contributed by atoms with E-state index in [9.17, 15) is 4.79 Å². The van der Waals surface area contributed by atoms with E-state index in [0.29, 0.717) is 24.1 Å². The molecule has 1 amide bonds. The Labute approximate surface area is 114 Å². The maximum Gasteiger partial charge on any atom is 0.271 e. The molecule has 0 radical (unpaired) electrons. The molecular formula is C13H23N5O. The van der Waals surface area contributed by atoms with E-state index >= 15 is 0 Å². The minimum Gasteiger partial charge on any atom is -0.366 e. The van der Waals surface area contributed by atoms with E-state index in [1.807, 2.05) is 19.0 Å². The number of anilines is 1. The second kappa shape index (κ2) is 7.68. The van der Waals surface area contributed by atoms with Crippen molar-refractivity contribution in [2.24, 2.45) is 0 Å². The van der Waals surface area contributed by atoms with Gasteiger partial charge in [0, 0.05) is 19.1 Å². The average Bonchev–Trinajstić information content (AvgIpc) is 2.38. The maximum atomic E-state index is 11.8. The predicted octanol–water partition coefficient (Wildman–Crippen LogP) is 0.978. The van der Waals surface area contributed by atoms with Gasteiger partial charge in [-0.2, -0.15) is 0 Å². The minimum absolute atomic E-state index is 0.190. The molecule has 106 valence electrons. The first-order valence-electron chi connectivity index (χ1n) is 6.56. The van der Waals surface area contributed by atoms with Gasteiger partial charge in [0.15, 0.2) is 5.69 Å². The van der Waals surface area contributed by atoms with Crippen LogP contribution < -0.4 is 10.6 Å². The van der Waals surface area contributed by atoms with Gasteiger partial charge in [0.1, 0.15) is 5.82 Å². The second-order valence-electron chi connectivity index (χ2n) is 4.82. The fourth-order valence-corrected chi connectivity index (χ4v) is 1.37. The van der Waals surface area contributed by atoms with E-state index in [0.717, 1.165) is 13.0 Å². The van der Waals surface area contributed by atoms with Crippen LogP contribution in [0.15, 0.2) is 12.1 Å². The molecule has 6 heteroatoms. The summed E-state index contributed by atoms with van der Waals surface area (Å²) < 4.78 is 0. The number of carbonyl (C=O) groups excluding carboxylic acids is 1. The lowest BCUT2D eigenvalue weighted by atomic mass is 10.2. The molecule has 1 heterocycles. The third-order valence-corrected chi connectivity index (χ3v) is 2.75. The van der Waals surface area contributed by atoms with Gasteiger partial charge in [-0.15, -0.1) is 10.2 Å². The van der Waals surface area contributed by atoms with Crippen LogP contribution in [0.25, 0.3) is 0 Å². The summed E-state index contributed by atoms with van der Waals surface area (Å²) in [6, 6.07) is 3.80. The van der Waals surface area contributed by atoms with Gasteiger partial charge in [-0.25, -0.2) is 0 Å². The van der Waals surface area contributed by atoms with Crippen LogP contribution in [0, 0.1) is 0 Å². The molecule has 0 saturated heterocycles. The summed E-state index contributed by atoms with van der Waals surface area (Å²) in [4.78, 5) is 13.8. The molecule has 1 rings (SSSR count). The van der Waals surface area contributed by atoms with Crippen molar-refractivity contribution in [3.8, 4) is 0 Å². The number of amides is 1. The number of hydrogen-bond donors (Lipinski definition) is 2. The molecular weight excluding hydrogens is 242 g/mol. The zero-order valence-electron chi connectivity index (χ0n) is 12.1. The van der Waals surface area contributed by atoms with Crippen molar-refractivity contribution < 1.29 is 4.79 Å². The highest BCUT2D eigenvalue weighted by Gasteiger charge is 2.08. The van der Waals surface area contributed by atoms with Crippen LogP contribution >= 0.6 is 0 Å². The summed E-state index contributed by atoms with van der Waals surface area (Å²) in [5, 5.41) is 13.9. The van der Waals surface area contributed by atoms with E-state index < -0.39 is 0 Å². The largest absolute Gasteiger partial charge is 0.366 e. The van der Waals surface area contributed by atoms with Crippen molar-refractivity contribution in [1.82, 2.24) is 20.4 Å². The molecule has 1 aromatic heterocycles. The number of hydrogen-bond acceptors (Lipinski definition) is 5. The summed E-state index contributed by atoms with van der Waals surface area (Å²) in [6.07, 6.45) is 1.01. The second-order valence-corrected chi connectivity index (χ2v) is 4.82. The smallest absolute Gasteiger partial charge is 0.271 e. The molecule has 0 fully saturated rings. The number of rotatable bonds is 7. The first-order chi connectivity index (χ1) is 9.02. The lowest BCUT2D eigenvalue weighted by Crippen LogP contribution is -2.32. The monoisotopic (exact) mass is 265 g/mol. The van der Waals surface area contributed by atoms with E-state index in [1.54, 1.807) is 12.1 Å². The van der Waals surface area contributed by atoms with Crippen molar-refractivity contribution >= 4 is 11.7 Å². The van der Waals surface area contributed by atoms with Gasteiger partial charge in [0.2, 0.25) is 0 Å². The average molecular weight is 265 g/mol. The van der Waals surface area contributed by atoms with Gasteiger partial charge in [-0.3, -0.25) is 4.79 Å². The van der Waals surface area contributed by atoms with Crippen LogP contribution in [0.5, 0.6) is 0 Å². The van der Waals surface area contributed by atoms with Gasteiger partial charge in [0.05, 0.1) is 0 Å². The zero-order valence-corrected chi connectivity index (χ0v) is 12.1. The van der Waals surface area contributed by atoms with Crippen molar-refractivity contribution in [2.45, 2.75) is 26.3 Å². The molecule has 0 aliphatic carbocycles. The number of nitrogens with zero attached hydrogens (tertiary/aromatic N) is 3. The Morgan fingerprint density at radius 3 is 2.63 bits per heavy atom. The Balaban J connectivity index is 2.48. The standard InChI is InChI=1S/C13H23N5O/c1-5-10(2)15-12-7-6-11(16-17-12)13(19)14-8-9-18(3)4/h6-7,10H,5,8-9H2,1-4H3,(H,14,19)(H,15,17). The Morgan fingerprint density at radius 2 is 2.11 bits per heavy atom. The fraction of sp³-hybridized carbons (Fsp3) is 0.615. The summed E-state index contributed by atoms with van der Waals surface area (Å²) in [7, 11) is 3.92. The highest BCUT2D eigenvalue weighted by Crippen LogP contribution is 2.05. The SMILES string of the molecule is CCC(C)Nc1ccc(C(=O)NCCN(C)C)nn1. The van der Waals surface area contributed by atoms with E-state index in [1.165, 1.54) is 0 Å². The molecule has 0 aromatic carbocycles. The van der Waals surface area contributed by atoms with Crippen molar-refractivity contribution in [2.75, 3.05) is 32.5 Å². The molecule has 1 aromatic rings. The van der Waals surface area contributed by atoms with Crippen LogP contribution in [0.4, 0.5) is 5.82 Å². The summed E-state index contributed by atoms with van der Waals surface area (Å²) in [6.45, 7) is 5.56. The van der Waals surface area contributed by atoms with Crippen LogP contribution in [-0.4, -0.2) is 54.2 Å². The number of nitrogens with one attached hydrogen (secondary N) is 2. The molecule has 0 bridgehead atoms. The topological polar surface area (TPSA) is 70.2 Å². The van der Waals surface area contributed by atoms with Crippen LogP contribution in [0.3, 0.4) is 0 Å². The van der Waals surface area contributed by atoms with Gasteiger partial charge >= 0.3 is 0 Å². The highest BCUT2D eigenvalue weighted by atomic mass is 16.1. The summed E-state index contributed by atoms with van der Waals surface area (Å²) >= 11 is 0. The zero-order chi connectivity index (χ0) is 14.3. The first kappa shape index (κ1) is 15.4. The van der Waals surface area contributed by atoms with Gasteiger partial charge in [-0.1, -0.05) is 6.92 Å². The van der Waals surface area contributed by atoms with E-state index in [-0.39, 0.29) is 5.91 Å². The molecule has 19 heavy (non-hydrogen) atoms. The molecule has 1 unspecified atom stereocenters. The van der Waals surface area contributed by atoms with Crippen LogP contribution in [-0.2, 0) is 0 Å². The molecule has 0 spiro atoms. The number of likely N-dealkylation sites (N-methyl/N-ethyl adjacent to an activating group) is 1. The Morgan fingerprint density at radius 1 is 1.37 bits per heavy atom. The highest BCUT2D eigenvalue weighted by molar-refractivity contribution is 5.92. The van der Waals surface area contributed by atoms with Crippen molar-refractivity contribution in [1.29, 1.82) is 0 Å². The molecule has 0 aliphatic heterocycles. The predicted molar refractivity (Wildman–Crippen MR) is 76.3 cm³/mol. The quantitative estimate of drug-likeness (QED) is 0.769. The summed E-state index contributed by atoms with van der Waals surface area (Å²) in [5.41, 5.74) is 0.341. The minimum atomic E-state index is -0.190. The van der Waals surface area contributed by atoms with Crippen LogP contribution in [0.2, 0.25) is 0 Å². The molecule has 6 nitrogen and oxygen atoms in total. The third-order valence-electron chi connectivity index (χ3n) is 2.75.